The zero-order valence-corrected chi connectivity index (χ0v) is 17.5. The van der Waals surface area contributed by atoms with Gasteiger partial charge in [0.2, 0.25) is 5.91 Å². The molecule has 5 nitrogen and oxygen atoms in total. The average Bonchev–Trinajstić information content (AvgIpc) is 3.06. The van der Waals surface area contributed by atoms with E-state index in [0.29, 0.717) is 17.1 Å². The molecule has 0 spiro atoms. The standard InChI is InChI=1S/C25H20N2O3S/c28-23(26(21-14-8-3-9-15-21)17-20-12-6-2-7-13-20)18-27-24(29)22(31-25(27)30)16-19-10-4-1-5-11-19/h1-16H,17-18H2/b22-16+. The molecule has 1 fully saturated rings. The first-order valence-electron chi connectivity index (χ1n) is 9.81. The van der Waals surface area contributed by atoms with Crippen molar-refractivity contribution in [3.8, 4) is 0 Å². The molecule has 31 heavy (non-hydrogen) atoms. The van der Waals surface area contributed by atoms with Crippen molar-refractivity contribution in [3.63, 3.8) is 0 Å². The number of carbonyl (C=O) groups is 3. The first-order valence-corrected chi connectivity index (χ1v) is 10.6. The van der Waals surface area contributed by atoms with E-state index in [1.165, 1.54) is 0 Å². The van der Waals surface area contributed by atoms with Gasteiger partial charge >= 0.3 is 0 Å². The normalized spacial score (nSPS) is 14.8. The highest BCUT2D eigenvalue weighted by Gasteiger charge is 2.37. The lowest BCUT2D eigenvalue weighted by Crippen LogP contribution is -2.42. The molecule has 0 bridgehead atoms. The van der Waals surface area contributed by atoms with Gasteiger partial charge in [-0.05, 0) is 41.1 Å². The number of amides is 3. The lowest BCUT2D eigenvalue weighted by molar-refractivity contribution is -0.128. The molecule has 0 atom stereocenters. The number of benzene rings is 3. The Morgan fingerprint density at radius 3 is 2.06 bits per heavy atom. The molecular weight excluding hydrogens is 408 g/mol. The fraction of sp³-hybridized carbons (Fsp3) is 0.0800. The monoisotopic (exact) mass is 428 g/mol. The van der Waals surface area contributed by atoms with Gasteiger partial charge in [0.1, 0.15) is 6.54 Å². The van der Waals surface area contributed by atoms with Gasteiger partial charge in [-0.3, -0.25) is 19.3 Å². The van der Waals surface area contributed by atoms with Crippen LogP contribution in [-0.2, 0) is 16.1 Å². The predicted octanol–water partition coefficient (Wildman–Crippen LogP) is 4.96. The summed E-state index contributed by atoms with van der Waals surface area (Å²) in [5.41, 5.74) is 2.50. The maximum Gasteiger partial charge on any atom is 0.294 e. The van der Waals surface area contributed by atoms with Crippen molar-refractivity contribution < 1.29 is 14.4 Å². The van der Waals surface area contributed by atoms with Crippen molar-refractivity contribution in [2.24, 2.45) is 0 Å². The third kappa shape index (κ3) is 4.92. The second-order valence-corrected chi connectivity index (χ2v) is 7.97. The highest BCUT2D eigenvalue weighted by Crippen LogP contribution is 2.32. The molecule has 3 aromatic rings. The van der Waals surface area contributed by atoms with Crippen LogP contribution in [0.3, 0.4) is 0 Å². The topological polar surface area (TPSA) is 57.7 Å². The number of imide groups is 1. The minimum absolute atomic E-state index is 0.307. The third-order valence-electron chi connectivity index (χ3n) is 4.82. The average molecular weight is 429 g/mol. The fourth-order valence-electron chi connectivity index (χ4n) is 3.25. The Hall–Kier alpha value is -3.64. The molecular formula is C25H20N2O3S. The van der Waals surface area contributed by atoms with Crippen LogP contribution in [0.15, 0.2) is 95.9 Å². The number of anilines is 1. The van der Waals surface area contributed by atoms with E-state index in [1.807, 2.05) is 91.0 Å². The summed E-state index contributed by atoms with van der Waals surface area (Å²) in [6.45, 7) is 0.0400. The smallest absolute Gasteiger partial charge is 0.294 e. The molecule has 6 heteroatoms. The molecule has 0 radical (unpaired) electrons. The first-order chi connectivity index (χ1) is 15.1. The molecule has 154 valence electrons. The molecule has 0 N–H and O–H groups in total. The highest BCUT2D eigenvalue weighted by molar-refractivity contribution is 8.18. The maximum absolute atomic E-state index is 13.2. The van der Waals surface area contributed by atoms with Gasteiger partial charge in [-0.25, -0.2) is 0 Å². The Morgan fingerprint density at radius 2 is 1.42 bits per heavy atom. The number of thioether (sulfide) groups is 1. The molecule has 3 amide bonds. The zero-order chi connectivity index (χ0) is 21.6. The van der Waals surface area contributed by atoms with Crippen LogP contribution < -0.4 is 4.90 Å². The fourth-order valence-corrected chi connectivity index (χ4v) is 4.09. The van der Waals surface area contributed by atoms with E-state index in [1.54, 1.807) is 11.0 Å². The molecule has 1 aliphatic rings. The molecule has 1 heterocycles. The second kappa shape index (κ2) is 9.45. The second-order valence-electron chi connectivity index (χ2n) is 6.98. The van der Waals surface area contributed by atoms with Crippen molar-refractivity contribution in [1.82, 2.24) is 4.90 Å². The number of hydrogen-bond donors (Lipinski definition) is 0. The summed E-state index contributed by atoms with van der Waals surface area (Å²) in [4.78, 5) is 41.5. The lowest BCUT2D eigenvalue weighted by Gasteiger charge is -2.25. The van der Waals surface area contributed by atoms with Gasteiger partial charge in [-0.2, -0.15) is 0 Å². The highest BCUT2D eigenvalue weighted by atomic mass is 32.2. The summed E-state index contributed by atoms with van der Waals surface area (Å²) in [7, 11) is 0. The molecule has 3 aromatic carbocycles. The molecule has 0 unspecified atom stereocenters. The van der Waals surface area contributed by atoms with Gasteiger partial charge in [0.05, 0.1) is 11.4 Å². The Balaban J connectivity index is 1.55. The summed E-state index contributed by atoms with van der Waals surface area (Å²) >= 11 is 0.858. The number of hydrogen-bond acceptors (Lipinski definition) is 4. The van der Waals surface area contributed by atoms with Crippen LogP contribution in [0.4, 0.5) is 10.5 Å². The summed E-state index contributed by atoms with van der Waals surface area (Å²) in [5.74, 6) is -0.766. The van der Waals surface area contributed by atoms with E-state index in [4.69, 9.17) is 0 Å². The van der Waals surface area contributed by atoms with Gasteiger partial charge in [-0.15, -0.1) is 0 Å². The van der Waals surface area contributed by atoms with Crippen LogP contribution in [0, 0.1) is 0 Å². The lowest BCUT2D eigenvalue weighted by atomic mass is 10.2. The van der Waals surface area contributed by atoms with Gasteiger partial charge < -0.3 is 4.90 Å². The van der Waals surface area contributed by atoms with Crippen LogP contribution in [0.25, 0.3) is 6.08 Å². The minimum Gasteiger partial charge on any atom is -0.306 e. The van der Waals surface area contributed by atoms with Gasteiger partial charge in [-0.1, -0.05) is 78.9 Å². The Bertz CT molecular complexity index is 1120. The molecule has 1 saturated heterocycles. The first kappa shape index (κ1) is 20.6. The molecule has 0 aliphatic carbocycles. The van der Waals surface area contributed by atoms with E-state index < -0.39 is 11.1 Å². The number of carbonyl (C=O) groups excluding carboxylic acids is 3. The predicted molar refractivity (Wildman–Crippen MR) is 123 cm³/mol. The van der Waals surface area contributed by atoms with Crippen molar-refractivity contribution in [1.29, 1.82) is 0 Å². The Morgan fingerprint density at radius 1 is 0.839 bits per heavy atom. The van der Waals surface area contributed by atoms with E-state index in [2.05, 4.69) is 0 Å². The largest absolute Gasteiger partial charge is 0.306 e. The van der Waals surface area contributed by atoms with Gasteiger partial charge in [0, 0.05) is 5.69 Å². The van der Waals surface area contributed by atoms with E-state index in [0.717, 1.165) is 27.8 Å². The number of para-hydroxylation sites is 1. The van der Waals surface area contributed by atoms with Crippen LogP contribution in [-0.4, -0.2) is 28.5 Å². The summed E-state index contributed by atoms with van der Waals surface area (Å²) < 4.78 is 0. The summed E-state index contributed by atoms with van der Waals surface area (Å²) in [6, 6.07) is 28.2. The van der Waals surface area contributed by atoms with E-state index in [9.17, 15) is 14.4 Å². The van der Waals surface area contributed by atoms with Crippen LogP contribution in [0.1, 0.15) is 11.1 Å². The number of nitrogens with zero attached hydrogens (tertiary/aromatic N) is 2. The summed E-state index contributed by atoms with van der Waals surface area (Å²) in [5, 5.41) is -0.437. The molecule has 4 rings (SSSR count). The van der Waals surface area contributed by atoms with Crippen LogP contribution in [0.5, 0.6) is 0 Å². The van der Waals surface area contributed by atoms with Gasteiger partial charge in [0.25, 0.3) is 11.1 Å². The van der Waals surface area contributed by atoms with Crippen molar-refractivity contribution in [2.75, 3.05) is 11.4 Å². The van der Waals surface area contributed by atoms with E-state index in [-0.39, 0.29) is 12.5 Å². The Labute approximate surface area is 185 Å². The third-order valence-corrected chi connectivity index (χ3v) is 5.72. The maximum atomic E-state index is 13.2. The minimum atomic E-state index is -0.445. The molecule has 1 aliphatic heterocycles. The van der Waals surface area contributed by atoms with Gasteiger partial charge in [0.15, 0.2) is 0 Å². The van der Waals surface area contributed by atoms with Crippen molar-refractivity contribution in [2.45, 2.75) is 6.54 Å². The SMILES string of the molecule is O=C1S/C(=C/c2ccccc2)C(=O)N1CC(=O)N(Cc1ccccc1)c1ccccc1. The van der Waals surface area contributed by atoms with Crippen molar-refractivity contribution in [3.05, 3.63) is 107 Å². The summed E-state index contributed by atoms with van der Waals surface area (Å²) in [6.07, 6.45) is 1.67. The Kier molecular flexibility index (Phi) is 6.29. The molecule has 0 saturated carbocycles. The van der Waals surface area contributed by atoms with E-state index >= 15 is 0 Å². The van der Waals surface area contributed by atoms with Crippen LogP contribution >= 0.6 is 11.8 Å². The molecule has 0 aromatic heterocycles. The quantitative estimate of drug-likeness (QED) is 0.521. The van der Waals surface area contributed by atoms with Crippen LogP contribution in [0.2, 0.25) is 0 Å². The number of rotatable bonds is 6. The van der Waals surface area contributed by atoms with Crippen molar-refractivity contribution >= 4 is 40.6 Å². The zero-order valence-electron chi connectivity index (χ0n) is 16.7.